The van der Waals surface area contributed by atoms with Crippen molar-refractivity contribution in [2.24, 2.45) is 0 Å². The van der Waals surface area contributed by atoms with Crippen molar-refractivity contribution in [3.8, 4) is 22.6 Å². The van der Waals surface area contributed by atoms with Gasteiger partial charge in [-0.25, -0.2) is 14.4 Å². The molecule has 0 bridgehead atoms. The number of likely N-dealkylation sites (N-methyl/N-ethyl adjacent to an activating group) is 2. The molecule has 2 aromatic carbocycles. The molecule has 0 aliphatic rings. The molecule has 182 valence electrons. The summed E-state index contributed by atoms with van der Waals surface area (Å²) < 4.78 is 18.9. The summed E-state index contributed by atoms with van der Waals surface area (Å²) in [4.78, 5) is 12.1. The fourth-order valence-corrected chi connectivity index (χ4v) is 4.00. The summed E-state index contributed by atoms with van der Waals surface area (Å²) in [6.07, 6.45) is 0. The van der Waals surface area contributed by atoms with Crippen LogP contribution in [0, 0.1) is 26.6 Å². The molecule has 0 aliphatic carbocycles. The van der Waals surface area contributed by atoms with Crippen molar-refractivity contribution in [1.29, 1.82) is 0 Å². The maximum Gasteiger partial charge on any atom is 0.162 e. The minimum absolute atomic E-state index is 0.288. The second-order valence-electron chi connectivity index (χ2n) is 8.74. The summed E-state index contributed by atoms with van der Waals surface area (Å²) in [5, 5.41) is 10.6. The number of halogens is 1. The van der Waals surface area contributed by atoms with E-state index in [1.54, 1.807) is 12.1 Å². The molecule has 0 amide bonds. The Morgan fingerprint density at radius 3 is 2.49 bits per heavy atom. The first-order valence-electron chi connectivity index (χ1n) is 11.6. The molecule has 0 radical (unpaired) electrons. The number of benzene rings is 2. The van der Waals surface area contributed by atoms with Crippen LogP contribution in [0.2, 0.25) is 0 Å². The Morgan fingerprint density at radius 1 is 1.03 bits per heavy atom. The smallest absolute Gasteiger partial charge is 0.162 e. The number of anilines is 2. The Hall–Kier alpha value is -3.62. The third-order valence-corrected chi connectivity index (χ3v) is 5.90. The molecule has 0 atom stereocenters. The van der Waals surface area contributed by atoms with E-state index in [4.69, 9.17) is 14.5 Å². The molecule has 2 N–H and O–H groups in total. The lowest BCUT2D eigenvalue weighted by Crippen LogP contribution is -2.26. The lowest BCUT2D eigenvalue weighted by molar-refractivity contribution is 0.328. The van der Waals surface area contributed by atoms with Crippen LogP contribution in [0.1, 0.15) is 22.6 Å². The van der Waals surface area contributed by atoms with Gasteiger partial charge in [0.25, 0.3) is 0 Å². The van der Waals surface area contributed by atoms with Crippen LogP contribution in [0.25, 0.3) is 22.6 Å². The minimum atomic E-state index is -0.288. The van der Waals surface area contributed by atoms with E-state index in [9.17, 15) is 4.39 Å². The Kier molecular flexibility index (Phi) is 7.53. The zero-order valence-electron chi connectivity index (χ0n) is 20.8. The molecule has 0 unspecified atom stereocenters. The van der Waals surface area contributed by atoms with Crippen LogP contribution in [0.5, 0.6) is 0 Å². The molecular weight excluding hydrogens is 443 g/mol. The van der Waals surface area contributed by atoms with Gasteiger partial charge in [0.2, 0.25) is 0 Å². The van der Waals surface area contributed by atoms with Crippen molar-refractivity contribution in [2.45, 2.75) is 27.3 Å². The number of nitrogens with one attached hydrogen (secondary N) is 2. The van der Waals surface area contributed by atoms with Crippen molar-refractivity contribution in [2.75, 3.05) is 32.5 Å². The molecule has 0 saturated carbocycles. The highest BCUT2D eigenvalue weighted by Crippen LogP contribution is 2.34. The molecule has 0 fully saturated rings. The molecule has 8 heteroatoms. The lowest BCUT2D eigenvalue weighted by Gasteiger charge is -2.17. The van der Waals surface area contributed by atoms with Gasteiger partial charge in [-0.05, 0) is 70.8 Å². The fourth-order valence-electron chi connectivity index (χ4n) is 4.00. The van der Waals surface area contributed by atoms with E-state index in [0.29, 0.717) is 17.4 Å². The van der Waals surface area contributed by atoms with E-state index in [0.717, 1.165) is 53.4 Å². The Morgan fingerprint density at radius 2 is 1.80 bits per heavy atom. The summed E-state index contributed by atoms with van der Waals surface area (Å²) in [6, 6.07) is 14.5. The number of aromatic nitrogens is 3. The molecular formula is C27H31FN6O. The summed E-state index contributed by atoms with van der Waals surface area (Å²) in [5.41, 5.74) is 6.07. The molecule has 35 heavy (non-hydrogen) atoms. The van der Waals surface area contributed by atoms with Gasteiger partial charge in [0, 0.05) is 36.4 Å². The largest absolute Gasteiger partial charge is 0.361 e. The van der Waals surface area contributed by atoms with Gasteiger partial charge in [-0.15, -0.1) is 0 Å². The average molecular weight is 475 g/mol. The van der Waals surface area contributed by atoms with E-state index < -0.39 is 0 Å². The van der Waals surface area contributed by atoms with Gasteiger partial charge in [-0.3, -0.25) is 0 Å². The molecule has 0 aliphatic heterocycles. The zero-order valence-corrected chi connectivity index (χ0v) is 20.8. The first-order chi connectivity index (χ1) is 16.9. The third-order valence-electron chi connectivity index (χ3n) is 5.90. The van der Waals surface area contributed by atoms with E-state index in [1.165, 1.54) is 17.7 Å². The van der Waals surface area contributed by atoms with Crippen LogP contribution >= 0.6 is 0 Å². The monoisotopic (exact) mass is 474 g/mol. The van der Waals surface area contributed by atoms with Gasteiger partial charge in [-0.1, -0.05) is 23.4 Å². The molecule has 0 saturated heterocycles. The molecule has 2 heterocycles. The number of hydrogen-bond acceptors (Lipinski definition) is 7. The number of aryl methyl sites for hydroxylation is 2. The Balaban J connectivity index is 1.77. The van der Waals surface area contributed by atoms with Crippen molar-refractivity contribution in [3.63, 3.8) is 0 Å². The lowest BCUT2D eigenvalue weighted by atomic mass is 10.0. The topological polar surface area (TPSA) is 79.1 Å². The van der Waals surface area contributed by atoms with E-state index in [-0.39, 0.29) is 5.82 Å². The standard InChI is InChI=1S/C27H31FN6O/c1-17-25(24-18(2)33-35-19(24)3)31-27(32-26(17)30-23-11-9-22(28)10-12-23)21-8-6-7-20(15-21)16-34(5)14-13-29-4/h6-12,15,29H,13-14,16H2,1-5H3,(H,30,31,32). The van der Waals surface area contributed by atoms with Gasteiger partial charge < -0.3 is 20.1 Å². The highest BCUT2D eigenvalue weighted by molar-refractivity contribution is 5.76. The Bertz CT molecular complexity index is 1280. The van der Waals surface area contributed by atoms with Gasteiger partial charge in [0.05, 0.1) is 17.0 Å². The predicted octanol–water partition coefficient (Wildman–Crippen LogP) is 5.26. The van der Waals surface area contributed by atoms with E-state index in [2.05, 4.69) is 39.9 Å². The van der Waals surface area contributed by atoms with Gasteiger partial charge >= 0.3 is 0 Å². The van der Waals surface area contributed by atoms with E-state index in [1.807, 2.05) is 40.0 Å². The Labute approximate surface area is 205 Å². The summed E-state index contributed by atoms with van der Waals surface area (Å²) >= 11 is 0. The van der Waals surface area contributed by atoms with Gasteiger partial charge in [-0.2, -0.15) is 0 Å². The van der Waals surface area contributed by atoms with E-state index >= 15 is 0 Å². The number of nitrogens with zero attached hydrogens (tertiary/aromatic N) is 4. The predicted molar refractivity (Wildman–Crippen MR) is 137 cm³/mol. The highest BCUT2D eigenvalue weighted by atomic mass is 19.1. The first-order valence-corrected chi connectivity index (χ1v) is 11.6. The summed E-state index contributed by atoms with van der Waals surface area (Å²) in [7, 11) is 4.06. The molecule has 4 aromatic rings. The molecule has 4 rings (SSSR count). The van der Waals surface area contributed by atoms with Gasteiger partial charge in [0.1, 0.15) is 17.4 Å². The van der Waals surface area contributed by atoms with Crippen LogP contribution in [0.3, 0.4) is 0 Å². The summed E-state index contributed by atoms with van der Waals surface area (Å²) in [6.45, 7) is 8.44. The van der Waals surface area contributed by atoms with Crippen LogP contribution in [0.4, 0.5) is 15.9 Å². The van der Waals surface area contributed by atoms with Crippen LogP contribution in [0.15, 0.2) is 53.1 Å². The number of rotatable bonds is 9. The first kappa shape index (κ1) is 24.5. The highest BCUT2D eigenvalue weighted by Gasteiger charge is 2.20. The van der Waals surface area contributed by atoms with Crippen molar-refractivity contribution < 1.29 is 8.91 Å². The van der Waals surface area contributed by atoms with Crippen molar-refractivity contribution >= 4 is 11.5 Å². The van der Waals surface area contributed by atoms with Crippen molar-refractivity contribution in [1.82, 2.24) is 25.3 Å². The molecule has 7 nitrogen and oxygen atoms in total. The number of hydrogen-bond donors (Lipinski definition) is 2. The molecule has 0 spiro atoms. The third kappa shape index (κ3) is 5.72. The maximum absolute atomic E-state index is 13.4. The average Bonchev–Trinajstić information content (AvgIpc) is 3.18. The van der Waals surface area contributed by atoms with Crippen molar-refractivity contribution in [3.05, 3.63) is 76.9 Å². The van der Waals surface area contributed by atoms with Crippen LogP contribution in [-0.2, 0) is 6.54 Å². The quantitative estimate of drug-likeness (QED) is 0.343. The second-order valence-corrected chi connectivity index (χ2v) is 8.74. The van der Waals surface area contributed by atoms with Crippen LogP contribution < -0.4 is 10.6 Å². The molecule has 2 aromatic heterocycles. The second kappa shape index (κ2) is 10.8. The van der Waals surface area contributed by atoms with Gasteiger partial charge in [0.15, 0.2) is 5.82 Å². The SMILES string of the molecule is CNCCN(C)Cc1cccc(-c2nc(Nc3ccc(F)cc3)c(C)c(-c3c(C)noc3C)n2)c1. The maximum atomic E-state index is 13.4. The normalized spacial score (nSPS) is 11.3. The fraction of sp³-hybridized carbons (Fsp3) is 0.296. The summed E-state index contributed by atoms with van der Waals surface area (Å²) in [5.74, 6) is 1.65. The zero-order chi connectivity index (χ0) is 24.9. The van der Waals surface area contributed by atoms with Crippen LogP contribution in [-0.4, -0.2) is 47.2 Å². The minimum Gasteiger partial charge on any atom is -0.361 e.